The number of carbonyl (C=O) groups excluding carboxylic acids is 2. The summed E-state index contributed by atoms with van der Waals surface area (Å²) >= 11 is 12.7. The van der Waals surface area contributed by atoms with E-state index in [1.165, 1.54) is 40.5 Å². The minimum absolute atomic E-state index is 0.00678. The van der Waals surface area contributed by atoms with Crippen molar-refractivity contribution in [1.29, 1.82) is 0 Å². The molecule has 2 aliphatic heterocycles. The van der Waals surface area contributed by atoms with Crippen molar-refractivity contribution in [3.63, 3.8) is 0 Å². The number of non-ortho nitro benzene ring substituents is 1. The van der Waals surface area contributed by atoms with Gasteiger partial charge >= 0.3 is 4.87 Å². The zero-order chi connectivity index (χ0) is 31.1. The first-order valence-electron chi connectivity index (χ1n) is 14.4. The Morgan fingerprint density at radius 3 is 2.51 bits per heavy atom. The Morgan fingerprint density at radius 2 is 1.78 bits per heavy atom. The van der Waals surface area contributed by atoms with E-state index in [-0.39, 0.29) is 51.3 Å². The van der Waals surface area contributed by atoms with E-state index in [0.29, 0.717) is 23.1 Å². The van der Waals surface area contributed by atoms with Crippen molar-refractivity contribution in [3.8, 4) is 5.75 Å². The van der Waals surface area contributed by atoms with Crippen LogP contribution in [0.15, 0.2) is 81.0 Å². The number of carbonyl (C=O) groups is 2. The quantitative estimate of drug-likeness (QED) is 0.129. The van der Waals surface area contributed by atoms with Crippen LogP contribution in [0.1, 0.15) is 28.3 Å². The lowest BCUT2D eigenvalue weighted by Gasteiger charge is -2.43. The molecule has 1 aromatic heterocycles. The van der Waals surface area contributed by atoms with Gasteiger partial charge in [-0.1, -0.05) is 51.0 Å². The summed E-state index contributed by atoms with van der Waals surface area (Å²) in [6.07, 6.45) is 0.742. The molecule has 4 aliphatic rings. The highest BCUT2D eigenvalue weighted by Crippen LogP contribution is 2.69. The number of aromatic amines is 1. The molecule has 3 heterocycles. The van der Waals surface area contributed by atoms with Crippen molar-refractivity contribution in [1.82, 2.24) is 4.98 Å². The Bertz CT molecular complexity index is 1960. The third-order valence-electron chi connectivity index (χ3n) is 9.63. The molecule has 4 aromatic rings. The molecule has 1 saturated heterocycles. The van der Waals surface area contributed by atoms with Crippen molar-refractivity contribution >= 4 is 73.8 Å². The van der Waals surface area contributed by atoms with Crippen molar-refractivity contribution in [2.75, 3.05) is 4.90 Å². The maximum absolute atomic E-state index is 14.0. The Kier molecular flexibility index (Phi) is 6.97. The number of rotatable bonds is 6. The number of halogens is 2. The summed E-state index contributed by atoms with van der Waals surface area (Å²) in [4.78, 5) is 56.4. The van der Waals surface area contributed by atoms with Crippen LogP contribution >= 0.6 is 50.6 Å². The lowest BCUT2D eigenvalue weighted by atomic mass is 9.68. The van der Waals surface area contributed by atoms with Crippen LogP contribution in [0.5, 0.6) is 5.75 Å². The standard InChI is InChI=1S/C32H23BrClN3O6S2/c33-15-4-9-22(43-13-14-2-1-3-16(34)10-14)19(11-15)23-24-20-12-21(27(24)44-29-28(23)45-32(40)35-29)26-25(20)30(38)36(31(26)39)17-5-7-18(8-6-17)37(41)42/h1-11,20-21,23-27H,12-13H2,(H,35,40)/t20-,21-,23?,24?,25?,26?,27?/m1/s1. The van der Waals surface area contributed by atoms with Gasteiger partial charge in [0.15, 0.2) is 0 Å². The SMILES string of the molecule is O=C1C2C(C(=O)N1c1ccc([N+](=O)[O-])cc1)[C@@H]1C[C@H]2C2Sc3[nH]c(=O)sc3C(c3cc(Br)ccc3OCc3cccc(Cl)c3)C21. The number of aromatic nitrogens is 1. The molecular weight excluding hydrogens is 702 g/mol. The minimum atomic E-state index is -0.508. The van der Waals surface area contributed by atoms with Crippen LogP contribution in [0.2, 0.25) is 5.02 Å². The molecule has 7 atom stereocenters. The van der Waals surface area contributed by atoms with Crippen molar-refractivity contribution in [2.45, 2.75) is 29.2 Å². The number of amides is 2. The molecule has 8 rings (SSSR count). The number of nitrogens with zero attached hydrogens (tertiary/aromatic N) is 2. The second kappa shape index (κ2) is 10.8. The van der Waals surface area contributed by atoms with Gasteiger partial charge in [-0.05, 0) is 72.2 Å². The maximum Gasteiger partial charge on any atom is 0.305 e. The lowest BCUT2D eigenvalue weighted by Crippen LogP contribution is -2.42. The van der Waals surface area contributed by atoms with E-state index < -0.39 is 16.8 Å². The van der Waals surface area contributed by atoms with E-state index in [1.807, 2.05) is 42.5 Å². The molecule has 2 aliphatic carbocycles. The third-order valence-corrected chi connectivity index (χ3v) is 12.9. The minimum Gasteiger partial charge on any atom is -0.489 e. The Labute approximate surface area is 278 Å². The van der Waals surface area contributed by atoms with Gasteiger partial charge in [-0.3, -0.25) is 29.4 Å². The number of nitro groups is 1. The van der Waals surface area contributed by atoms with Gasteiger partial charge in [-0.15, -0.1) is 11.8 Å². The number of nitrogens with one attached hydrogen (secondary N) is 1. The van der Waals surface area contributed by atoms with Gasteiger partial charge in [0.1, 0.15) is 12.4 Å². The van der Waals surface area contributed by atoms with Gasteiger partial charge in [-0.25, -0.2) is 0 Å². The van der Waals surface area contributed by atoms with Crippen LogP contribution in [-0.2, 0) is 16.2 Å². The highest BCUT2D eigenvalue weighted by molar-refractivity contribution is 9.10. The molecule has 0 spiro atoms. The smallest absolute Gasteiger partial charge is 0.305 e. The molecule has 3 aromatic carbocycles. The van der Waals surface area contributed by atoms with Crippen LogP contribution in [0.25, 0.3) is 0 Å². The molecule has 45 heavy (non-hydrogen) atoms. The Balaban J connectivity index is 1.18. The average molecular weight is 725 g/mol. The van der Waals surface area contributed by atoms with Gasteiger partial charge < -0.3 is 9.72 Å². The number of anilines is 1. The summed E-state index contributed by atoms with van der Waals surface area (Å²) in [7, 11) is 0. The molecule has 228 valence electrons. The summed E-state index contributed by atoms with van der Waals surface area (Å²) in [5, 5.41) is 12.6. The first-order chi connectivity index (χ1) is 21.7. The zero-order valence-corrected chi connectivity index (χ0v) is 27.2. The molecule has 2 saturated carbocycles. The number of thiazole rings is 1. The fraction of sp³-hybridized carbons (Fsp3) is 0.281. The van der Waals surface area contributed by atoms with Gasteiger partial charge in [0.2, 0.25) is 11.8 Å². The van der Waals surface area contributed by atoms with Gasteiger partial charge in [0, 0.05) is 43.2 Å². The second-order valence-corrected chi connectivity index (χ2v) is 15.4. The van der Waals surface area contributed by atoms with Crippen LogP contribution in [0.3, 0.4) is 0 Å². The number of benzene rings is 3. The predicted molar refractivity (Wildman–Crippen MR) is 174 cm³/mol. The van der Waals surface area contributed by atoms with E-state index in [0.717, 1.165) is 31.9 Å². The number of ether oxygens (including phenoxy) is 1. The molecule has 1 N–H and O–H groups in total. The number of imide groups is 1. The van der Waals surface area contributed by atoms with Crippen LogP contribution in [0, 0.1) is 39.7 Å². The van der Waals surface area contributed by atoms with E-state index in [2.05, 4.69) is 20.9 Å². The second-order valence-electron chi connectivity index (χ2n) is 11.8. The molecule has 2 amide bonds. The Hall–Kier alpha value is -3.45. The molecule has 9 nitrogen and oxygen atoms in total. The van der Waals surface area contributed by atoms with E-state index >= 15 is 0 Å². The number of fused-ring (bicyclic) bond motifs is 9. The van der Waals surface area contributed by atoms with Gasteiger partial charge in [0.05, 0.1) is 27.5 Å². The van der Waals surface area contributed by atoms with Crippen molar-refractivity contribution < 1.29 is 19.2 Å². The largest absolute Gasteiger partial charge is 0.489 e. The highest BCUT2D eigenvalue weighted by Gasteiger charge is 2.69. The van der Waals surface area contributed by atoms with Crippen LogP contribution in [-0.4, -0.2) is 27.0 Å². The van der Waals surface area contributed by atoms with Crippen LogP contribution in [0.4, 0.5) is 11.4 Å². The molecular formula is C32H23BrClN3O6S2. The summed E-state index contributed by atoms with van der Waals surface area (Å²) < 4.78 is 7.28. The third kappa shape index (κ3) is 4.59. The number of thioether (sulfide) groups is 1. The average Bonchev–Trinajstić information content (AvgIpc) is 3.75. The van der Waals surface area contributed by atoms with E-state index in [1.54, 1.807) is 11.8 Å². The van der Waals surface area contributed by atoms with Crippen LogP contribution < -0.4 is 14.5 Å². The Morgan fingerprint density at radius 1 is 1.02 bits per heavy atom. The number of H-pyrrole nitrogens is 1. The molecule has 5 unspecified atom stereocenters. The fourth-order valence-electron chi connectivity index (χ4n) is 8.02. The normalized spacial score (nSPS) is 27.8. The summed E-state index contributed by atoms with van der Waals surface area (Å²) in [6, 6.07) is 18.9. The molecule has 2 bridgehead atoms. The first kappa shape index (κ1) is 29.0. The topological polar surface area (TPSA) is 123 Å². The number of nitro benzene ring substituents is 1. The predicted octanol–water partition coefficient (Wildman–Crippen LogP) is 7.02. The summed E-state index contributed by atoms with van der Waals surface area (Å²) in [5.41, 5.74) is 2.09. The van der Waals surface area contributed by atoms with Gasteiger partial charge in [0.25, 0.3) is 5.69 Å². The van der Waals surface area contributed by atoms with E-state index in [4.69, 9.17) is 16.3 Å². The first-order valence-corrected chi connectivity index (χ1v) is 17.2. The zero-order valence-electron chi connectivity index (χ0n) is 23.2. The summed E-state index contributed by atoms with van der Waals surface area (Å²) in [6.45, 7) is 0.301. The highest BCUT2D eigenvalue weighted by atomic mass is 79.9. The van der Waals surface area contributed by atoms with E-state index in [9.17, 15) is 24.5 Å². The molecule has 3 fully saturated rings. The van der Waals surface area contributed by atoms with Crippen molar-refractivity contribution in [2.24, 2.45) is 29.6 Å². The monoisotopic (exact) mass is 723 g/mol. The summed E-state index contributed by atoms with van der Waals surface area (Å²) in [5.74, 6) is -1.19. The lowest BCUT2D eigenvalue weighted by molar-refractivity contribution is -0.384. The van der Waals surface area contributed by atoms with Gasteiger partial charge in [-0.2, -0.15) is 0 Å². The number of hydrogen-bond donors (Lipinski definition) is 1. The molecule has 0 radical (unpaired) electrons. The maximum atomic E-state index is 14.0. The fourth-order valence-corrected chi connectivity index (χ4v) is 11.5. The molecule has 13 heteroatoms. The van der Waals surface area contributed by atoms with Crippen molar-refractivity contribution in [3.05, 3.63) is 112 Å². The number of hydrogen-bond acceptors (Lipinski definition) is 8.